The van der Waals surface area contributed by atoms with E-state index >= 15 is 0 Å². The van der Waals surface area contributed by atoms with Gasteiger partial charge in [0.2, 0.25) is 5.91 Å². The van der Waals surface area contributed by atoms with Gasteiger partial charge in [-0.1, -0.05) is 25.7 Å². The van der Waals surface area contributed by atoms with Gasteiger partial charge in [-0.15, -0.1) is 0 Å². The summed E-state index contributed by atoms with van der Waals surface area (Å²) >= 11 is 0. The van der Waals surface area contributed by atoms with Gasteiger partial charge in [-0.05, 0) is 45.2 Å². The van der Waals surface area contributed by atoms with Gasteiger partial charge in [0.15, 0.2) is 0 Å². The van der Waals surface area contributed by atoms with Crippen molar-refractivity contribution in [2.45, 2.75) is 63.5 Å². The first kappa shape index (κ1) is 14.8. The van der Waals surface area contributed by atoms with Crippen LogP contribution in [0.3, 0.4) is 0 Å². The van der Waals surface area contributed by atoms with Crippen LogP contribution in [0, 0.1) is 5.92 Å². The van der Waals surface area contributed by atoms with Gasteiger partial charge in [0.25, 0.3) is 0 Å². The molecule has 2 N–H and O–H groups in total. The third-order valence-electron chi connectivity index (χ3n) is 4.36. The van der Waals surface area contributed by atoms with Crippen molar-refractivity contribution >= 4 is 5.91 Å². The molecule has 0 atom stereocenters. The van der Waals surface area contributed by atoms with Crippen LogP contribution < -0.4 is 10.6 Å². The fraction of sp³-hybridized carbons (Fsp3) is 0.933. The van der Waals surface area contributed by atoms with E-state index in [-0.39, 0.29) is 12.5 Å². The van der Waals surface area contributed by atoms with Crippen LogP contribution in [0.1, 0.15) is 51.4 Å². The molecule has 4 nitrogen and oxygen atoms in total. The molecule has 0 bridgehead atoms. The van der Waals surface area contributed by atoms with Gasteiger partial charge in [0.05, 0.1) is 6.10 Å². The Hall–Kier alpha value is -0.610. The van der Waals surface area contributed by atoms with Gasteiger partial charge in [-0.25, -0.2) is 0 Å². The van der Waals surface area contributed by atoms with Crippen LogP contribution in [0.2, 0.25) is 0 Å². The maximum Gasteiger partial charge on any atom is 0.246 e. The lowest BCUT2D eigenvalue weighted by molar-refractivity contribution is -0.131. The molecular weight excluding hydrogens is 240 g/mol. The highest BCUT2D eigenvalue weighted by Gasteiger charge is 2.29. The Morgan fingerprint density at radius 1 is 1.16 bits per heavy atom. The molecule has 1 amide bonds. The van der Waals surface area contributed by atoms with E-state index in [1.54, 1.807) is 0 Å². The standard InChI is InChI=1S/C15H28N2O2/c1-16-10-12-8-14(9-12)19-11-15(18)17-13-6-4-2-3-5-7-13/h12-14,16H,2-11H2,1H3,(H,17,18). The number of carbonyl (C=O) groups is 1. The van der Waals surface area contributed by atoms with Crippen LogP contribution in [0.25, 0.3) is 0 Å². The lowest BCUT2D eigenvalue weighted by atomic mass is 9.82. The van der Waals surface area contributed by atoms with Crippen molar-refractivity contribution in [2.24, 2.45) is 5.92 Å². The van der Waals surface area contributed by atoms with Gasteiger partial charge < -0.3 is 15.4 Å². The average molecular weight is 268 g/mol. The lowest BCUT2D eigenvalue weighted by Gasteiger charge is -2.34. The van der Waals surface area contributed by atoms with E-state index in [2.05, 4.69) is 10.6 Å². The number of rotatable bonds is 6. The molecule has 0 aromatic carbocycles. The van der Waals surface area contributed by atoms with Crippen LogP contribution in [0.15, 0.2) is 0 Å². The Kier molecular flexibility index (Phi) is 6.11. The topological polar surface area (TPSA) is 50.4 Å². The first-order valence-electron chi connectivity index (χ1n) is 7.83. The summed E-state index contributed by atoms with van der Waals surface area (Å²) in [6, 6.07) is 0.386. The van der Waals surface area contributed by atoms with E-state index in [0.29, 0.717) is 12.1 Å². The largest absolute Gasteiger partial charge is 0.368 e. The summed E-state index contributed by atoms with van der Waals surface area (Å²) in [6.45, 7) is 1.31. The fourth-order valence-corrected chi connectivity index (χ4v) is 3.15. The molecule has 0 aliphatic heterocycles. The molecule has 2 saturated carbocycles. The monoisotopic (exact) mass is 268 g/mol. The summed E-state index contributed by atoms with van der Waals surface area (Å²) in [5.74, 6) is 0.809. The SMILES string of the molecule is CNCC1CC(OCC(=O)NC2CCCCCC2)C1. The van der Waals surface area contributed by atoms with Crippen LogP contribution in [0.5, 0.6) is 0 Å². The van der Waals surface area contributed by atoms with E-state index in [1.807, 2.05) is 7.05 Å². The van der Waals surface area contributed by atoms with Gasteiger partial charge >= 0.3 is 0 Å². The van der Waals surface area contributed by atoms with Crippen LogP contribution in [0.4, 0.5) is 0 Å². The molecule has 0 aromatic heterocycles. The summed E-state index contributed by atoms with van der Waals surface area (Å²) in [5.41, 5.74) is 0. The molecule has 2 aliphatic rings. The number of carbonyl (C=O) groups excluding carboxylic acids is 1. The number of hydrogen-bond donors (Lipinski definition) is 2. The minimum absolute atomic E-state index is 0.0731. The second-order valence-corrected chi connectivity index (χ2v) is 6.08. The summed E-state index contributed by atoms with van der Waals surface area (Å²) in [6.07, 6.45) is 9.90. The van der Waals surface area contributed by atoms with E-state index in [1.165, 1.54) is 25.7 Å². The van der Waals surface area contributed by atoms with Gasteiger partial charge in [-0.3, -0.25) is 4.79 Å². The van der Waals surface area contributed by atoms with Crippen molar-refractivity contribution in [3.63, 3.8) is 0 Å². The third-order valence-corrected chi connectivity index (χ3v) is 4.36. The molecular formula is C15H28N2O2. The molecule has 110 valence electrons. The third kappa shape index (κ3) is 5.11. The zero-order valence-electron chi connectivity index (χ0n) is 12.1. The molecule has 0 saturated heterocycles. The number of amides is 1. The first-order valence-corrected chi connectivity index (χ1v) is 7.83. The second kappa shape index (κ2) is 7.85. The Morgan fingerprint density at radius 3 is 2.47 bits per heavy atom. The van der Waals surface area contributed by atoms with Gasteiger partial charge in [0, 0.05) is 6.04 Å². The molecule has 19 heavy (non-hydrogen) atoms. The molecule has 4 heteroatoms. The molecule has 0 spiro atoms. The van der Waals surface area contributed by atoms with Crippen molar-refractivity contribution in [3.8, 4) is 0 Å². The number of nitrogens with one attached hydrogen (secondary N) is 2. The Labute approximate surface area is 116 Å². The number of ether oxygens (including phenoxy) is 1. The quantitative estimate of drug-likeness (QED) is 0.723. The second-order valence-electron chi connectivity index (χ2n) is 6.08. The minimum Gasteiger partial charge on any atom is -0.368 e. The van der Waals surface area contributed by atoms with Crippen molar-refractivity contribution in [2.75, 3.05) is 20.2 Å². The Bertz CT molecular complexity index is 269. The molecule has 0 radical (unpaired) electrons. The first-order chi connectivity index (χ1) is 9.28. The normalized spacial score (nSPS) is 28.5. The molecule has 0 unspecified atom stereocenters. The summed E-state index contributed by atoms with van der Waals surface area (Å²) in [7, 11) is 1.98. The predicted octanol–water partition coefficient (Wildman–Crippen LogP) is 1.84. The molecule has 0 heterocycles. The van der Waals surface area contributed by atoms with Gasteiger partial charge in [0.1, 0.15) is 6.61 Å². The fourth-order valence-electron chi connectivity index (χ4n) is 3.15. The van der Waals surface area contributed by atoms with Crippen molar-refractivity contribution < 1.29 is 9.53 Å². The van der Waals surface area contributed by atoms with Crippen molar-refractivity contribution in [1.82, 2.24) is 10.6 Å². The lowest BCUT2D eigenvalue weighted by Crippen LogP contribution is -2.41. The minimum atomic E-state index is 0.0731. The smallest absolute Gasteiger partial charge is 0.246 e. The summed E-state index contributed by atoms with van der Waals surface area (Å²) < 4.78 is 5.65. The highest BCUT2D eigenvalue weighted by atomic mass is 16.5. The van der Waals surface area contributed by atoms with Crippen molar-refractivity contribution in [1.29, 1.82) is 0 Å². The van der Waals surface area contributed by atoms with Crippen molar-refractivity contribution in [3.05, 3.63) is 0 Å². The Morgan fingerprint density at radius 2 is 1.84 bits per heavy atom. The van der Waals surface area contributed by atoms with Crippen LogP contribution >= 0.6 is 0 Å². The summed E-state index contributed by atoms with van der Waals surface area (Å²) in [4.78, 5) is 11.8. The average Bonchev–Trinajstić information content (AvgIpc) is 2.60. The maximum absolute atomic E-state index is 11.8. The molecule has 0 aromatic rings. The highest BCUT2D eigenvalue weighted by molar-refractivity contribution is 5.77. The van der Waals surface area contributed by atoms with E-state index in [4.69, 9.17) is 4.74 Å². The van der Waals surface area contributed by atoms with E-state index in [9.17, 15) is 4.79 Å². The maximum atomic E-state index is 11.8. The Balaban J connectivity index is 1.55. The van der Waals surface area contributed by atoms with E-state index in [0.717, 1.165) is 38.1 Å². The molecule has 2 aliphatic carbocycles. The zero-order chi connectivity index (χ0) is 13.5. The molecule has 2 fully saturated rings. The zero-order valence-corrected chi connectivity index (χ0v) is 12.1. The van der Waals surface area contributed by atoms with E-state index < -0.39 is 0 Å². The predicted molar refractivity (Wildman–Crippen MR) is 76.0 cm³/mol. The van der Waals surface area contributed by atoms with Gasteiger partial charge in [-0.2, -0.15) is 0 Å². The molecule has 2 rings (SSSR count). The summed E-state index contributed by atoms with van der Waals surface area (Å²) in [5, 5.41) is 6.30. The highest BCUT2D eigenvalue weighted by Crippen LogP contribution is 2.29. The van der Waals surface area contributed by atoms with Crippen LogP contribution in [-0.2, 0) is 9.53 Å². The van der Waals surface area contributed by atoms with Crippen LogP contribution in [-0.4, -0.2) is 38.3 Å². The number of hydrogen-bond acceptors (Lipinski definition) is 3.